The molecule has 2 saturated heterocycles. The average Bonchev–Trinajstić information content (AvgIpc) is 3.24. The smallest absolute Gasteiger partial charge is 0.248 e. The number of ether oxygens (including phenoxy) is 1. The fourth-order valence-corrected chi connectivity index (χ4v) is 3.64. The first-order valence-electron chi connectivity index (χ1n) is 9.74. The number of nitrogens with one attached hydrogen (secondary N) is 2. The van der Waals surface area contributed by atoms with Gasteiger partial charge in [0.1, 0.15) is 17.6 Å². The number of likely N-dealkylation sites (N-methyl/N-ethyl adjacent to an activating group) is 1. The average molecular weight is 423 g/mol. The molecule has 30 heavy (non-hydrogen) atoms. The molecule has 162 valence electrons. The largest absolute Gasteiger partial charge is 0.379 e. The van der Waals surface area contributed by atoms with Crippen LogP contribution in [-0.2, 0) is 30.5 Å². The molecule has 0 radical (unpaired) electrons. The lowest BCUT2D eigenvalue weighted by atomic mass is 9.90. The van der Waals surface area contributed by atoms with Gasteiger partial charge in [0.05, 0.1) is 12.6 Å². The number of piperidine rings is 1. The van der Waals surface area contributed by atoms with E-state index in [2.05, 4.69) is 10.6 Å². The molecule has 10 heteroatoms. The summed E-state index contributed by atoms with van der Waals surface area (Å²) in [6.45, 7) is 2.57. The van der Waals surface area contributed by atoms with Crippen molar-refractivity contribution in [1.29, 1.82) is 0 Å². The Labute approximate surface area is 171 Å². The maximum atomic E-state index is 13.7. The molecule has 2 aliphatic rings. The van der Waals surface area contributed by atoms with E-state index >= 15 is 0 Å². The quantitative estimate of drug-likeness (QED) is 0.491. The van der Waals surface area contributed by atoms with Crippen LogP contribution in [-0.4, -0.2) is 66.7 Å². The number of carbonyl (C=O) groups is 4. The Hall–Kier alpha value is -2.72. The highest BCUT2D eigenvalue weighted by Gasteiger charge is 2.45. The molecule has 2 fully saturated rings. The zero-order chi connectivity index (χ0) is 21.8. The van der Waals surface area contributed by atoms with Crippen LogP contribution in [0.1, 0.15) is 18.9 Å². The van der Waals surface area contributed by atoms with Gasteiger partial charge in [-0.2, -0.15) is 0 Å². The summed E-state index contributed by atoms with van der Waals surface area (Å²) in [6, 6.07) is 1.42. The molecule has 0 saturated carbocycles. The van der Waals surface area contributed by atoms with Gasteiger partial charge < -0.3 is 15.0 Å². The van der Waals surface area contributed by atoms with E-state index in [1.807, 2.05) is 0 Å². The zero-order valence-corrected chi connectivity index (χ0v) is 16.5. The summed E-state index contributed by atoms with van der Waals surface area (Å²) in [5.74, 6) is -6.14. The molecule has 1 aromatic carbocycles. The summed E-state index contributed by atoms with van der Waals surface area (Å²) in [4.78, 5) is 51.6. The van der Waals surface area contributed by atoms with E-state index in [1.54, 1.807) is 6.92 Å². The molecule has 3 atom stereocenters. The highest BCUT2D eigenvalue weighted by atomic mass is 19.1. The Kier molecular flexibility index (Phi) is 6.88. The van der Waals surface area contributed by atoms with Gasteiger partial charge in [0.15, 0.2) is 6.04 Å². The number of hydrogen-bond donors (Lipinski definition) is 2. The maximum Gasteiger partial charge on any atom is 0.248 e. The minimum atomic E-state index is -1.34. The van der Waals surface area contributed by atoms with E-state index in [4.69, 9.17) is 4.74 Å². The number of ketones is 2. The van der Waals surface area contributed by atoms with Crippen LogP contribution in [0, 0.1) is 17.6 Å². The van der Waals surface area contributed by atoms with E-state index in [1.165, 1.54) is 11.0 Å². The second kappa shape index (κ2) is 9.40. The van der Waals surface area contributed by atoms with Crippen molar-refractivity contribution in [2.75, 3.05) is 26.3 Å². The first-order valence-corrected chi connectivity index (χ1v) is 9.74. The maximum absolute atomic E-state index is 13.7. The van der Waals surface area contributed by atoms with Crippen LogP contribution < -0.4 is 10.6 Å². The van der Waals surface area contributed by atoms with Crippen molar-refractivity contribution < 1.29 is 32.7 Å². The summed E-state index contributed by atoms with van der Waals surface area (Å²) in [5.41, 5.74) is 0.0396. The molecule has 1 aromatic rings. The van der Waals surface area contributed by atoms with Gasteiger partial charge >= 0.3 is 0 Å². The van der Waals surface area contributed by atoms with Crippen LogP contribution in [0.15, 0.2) is 18.2 Å². The summed E-state index contributed by atoms with van der Waals surface area (Å²) >= 11 is 0. The van der Waals surface area contributed by atoms with E-state index < -0.39 is 47.0 Å². The van der Waals surface area contributed by atoms with Crippen LogP contribution in [0.2, 0.25) is 0 Å². The van der Waals surface area contributed by atoms with Crippen molar-refractivity contribution in [3.63, 3.8) is 0 Å². The Bertz CT molecular complexity index is 857. The van der Waals surface area contributed by atoms with Gasteiger partial charge in [0.25, 0.3) is 0 Å². The predicted molar refractivity (Wildman–Crippen MR) is 100 cm³/mol. The molecular formula is C20H23F2N3O5. The van der Waals surface area contributed by atoms with Crippen molar-refractivity contribution in [3.8, 4) is 0 Å². The Morgan fingerprint density at radius 1 is 1.27 bits per heavy atom. The van der Waals surface area contributed by atoms with Crippen LogP contribution in [0.4, 0.5) is 8.78 Å². The first-order chi connectivity index (χ1) is 14.3. The number of benzene rings is 1. The Morgan fingerprint density at radius 2 is 2.03 bits per heavy atom. The molecule has 2 amide bonds. The molecule has 0 aliphatic carbocycles. The minimum Gasteiger partial charge on any atom is -0.379 e. The number of Topliss-reactive ketones (excluding diaryl/α,β-unsaturated/α-hetero) is 2. The monoisotopic (exact) mass is 423 g/mol. The number of amides is 2. The van der Waals surface area contributed by atoms with Crippen molar-refractivity contribution >= 4 is 23.4 Å². The standard InChI is InChI=1S/C20H23F2N3O5/c1-2-25(13-5-6-30-10-13)20(29)16-18(27)17(26)14(9-23-16)19(28)24-8-11-3-4-12(21)7-15(11)22/h3-4,7,13-14,16,23H,2,5-6,8-10H2,1H3,(H,24,28). The van der Waals surface area contributed by atoms with E-state index in [9.17, 15) is 28.0 Å². The minimum absolute atomic E-state index is 0.0396. The SMILES string of the molecule is CCN(C(=O)C1NCC(C(=O)NCc2ccc(F)cc2F)C(=O)C1=O)C1CCOC1. The highest BCUT2D eigenvalue weighted by Crippen LogP contribution is 2.17. The summed E-state index contributed by atoms with van der Waals surface area (Å²) in [5, 5.41) is 5.07. The molecule has 3 rings (SSSR count). The second-order valence-corrected chi connectivity index (χ2v) is 7.22. The summed E-state index contributed by atoms with van der Waals surface area (Å²) in [7, 11) is 0. The molecule has 2 N–H and O–H groups in total. The third-order valence-electron chi connectivity index (χ3n) is 5.35. The van der Waals surface area contributed by atoms with E-state index in [-0.39, 0.29) is 24.7 Å². The van der Waals surface area contributed by atoms with Crippen LogP contribution in [0.5, 0.6) is 0 Å². The molecule has 0 aromatic heterocycles. The Balaban J connectivity index is 1.61. The van der Waals surface area contributed by atoms with Crippen LogP contribution >= 0.6 is 0 Å². The van der Waals surface area contributed by atoms with Gasteiger partial charge in [-0.05, 0) is 19.4 Å². The number of halogens is 2. The van der Waals surface area contributed by atoms with Gasteiger partial charge in [0.2, 0.25) is 23.4 Å². The number of nitrogens with zero attached hydrogens (tertiary/aromatic N) is 1. The molecule has 3 unspecified atom stereocenters. The molecule has 0 spiro atoms. The zero-order valence-electron chi connectivity index (χ0n) is 16.5. The summed E-state index contributed by atoms with van der Waals surface area (Å²) in [6.07, 6.45) is 0.652. The molecule has 2 heterocycles. The van der Waals surface area contributed by atoms with Crippen LogP contribution in [0.25, 0.3) is 0 Å². The number of rotatable bonds is 6. The van der Waals surface area contributed by atoms with Gasteiger partial charge in [-0.15, -0.1) is 0 Å². The third kappa shape index (κ3) is 4.54. The molecule has 0 bridgehead atoms. The molecule has 8 nitrogen and oxygen atoms in total. The van der Waals surface area contributed by atoms with Gasteiger partial charge in [0, 0.05) is 37.9 Å². The van der Waals surface area contributed by atoms with E-state index in [0.717, 1.165) is 6.07 Å². The lowest BCUT2D eigenvalue weighted by Gasteiger charge is -2.33. The second-order valence-electron chi connectivity index (χ2n) is 7.22. The van der Waals surface area contributed by atoms with Crippen molar-refractivity contribution in [2.45, 2.75) is 32.0 Å². The van der Waals surface area contributed by atoms with Gasteiger partial charge in [-0.25, -0.2) is 8.78 Å². The predicted octanol–water partition coefficient (Wildman–Crippen LogP) is -0.0554. The van der Waals surface area contributed by atoms with Gasteiger partial charge in [-0.1, -0.05) is 6.07 Å². The summed E-state index contributed by atoms with van der Waals surface area (Å²) < 4.78 is 31.9. The van der Waals surface area contributed by atoms with Gasteiger partial charge in [-0.3, -0.25) is 24.5 Å². The normalized spacial score (nSPS) is 24.0. The number of hydrogen-bond acceptors (Lipinski definition) is 6. The topological polar surface area (TPSA) is 105 Å². The number of carbonyl (C=O) groups excluding carboxylic acids is 4. The van der Waals surface area contributed by atoms with Crippen molar-refractivity contribution in [1.82, 2.24) is 15.5 Å². The molecular weight excluding hydrogens is 400 g/mol. The van der Waals surface area contributed by atoms with Crippen molar-refractivity contribution in [2.24, 2.45) is 5.92 Å². The third-order valence-corrected chi connectivity index (χ3v) is 5.35. The first kappa shape index (κ1) is 22.0. The lowest BCUT2D eigenvalue weighted by molar-refractivity contribution is -0.151. The molecule has 2 aliphatic heterocycles. The van der Waals surface area contributed by atoms with E-state index in [0.29, 0.717) is 32.2 Å². The fraction of sp³-hybridized carbons (Fsp3) is 0.500. The fourth-order valence-electron chi connectivity index (χ4n) is 3.64. The highest BCUT2D eigenvalue weighted by molar-refractivity contribution is 6.47. The Morgan fingerprint density at radius 3 is 2.67 bits per heavy atom. The lowest BCUT2D eigenvalue weighted by Crippen LogP contribution is -2.62. The van der Waals surface area contributed by atoms with Crippen molar-refractivity contribution in [3.05, 3.63) is 35.4 Å². The van der Waals surface area contributed by atoms with Crippen LogP contribution in [0.3, 0.4) is 0 Å².